The highest BCUT2D eigenvalue weighted by Crippen LogP contribution is 2.32. The molecule has 1 N–H and O–H groups in total. The number of carbonyl (C=O) groups is 2. The number of hydrogen-bond acceptors (Lipinski definition) is 7. The average Bonchev–Trinajstić information content (AvgIpc) is 2.67. The number of nitrogens with one attached hydrogen (secondary N) is 1. The molecule has 0 aromatic heterocycles. The lowest BCUT2D eigenvalue weighted by Gasteiger charge is -2.19. The van der Waals surface area contributed by atoms with Gasteiger partial charge in [0, 0.05) is 18.0 Å². The standard InChI is InChI=1S/C20H21NO7S/c1-12-4-6-15(29(3,24)25)11-16(12)20(23)28-13(2)19(22)21-14-5-7-17-18(10-14)27-9-8-26-17/h4-7,10-11,13H,8-9H2,1-3H3,(H,21,22). The van der Waals surface area contributed by atoms with E-state index in [-0.39, 0.29) is 10.5 Å². The summed E-state index contributed by atoms with van der Waals surface area (Å²) in [5, 5.41) is 2.65. The van der Waals surface area contributed by atoms with E-state index in [0.29, 0.717) is 36.0 Å². The van der Waals surface area contributed by atoms with Gasteiger partial charge in [0.05, 0.1) is 10.5 Å². The quantitative estimate of drug-likeness (QED) is 0.741. The fourth-order valence-corrected chi connectivity index (χ4v) is 3.34. The van der Waals surface area contributed by atoms with Crippen LogP contribution < -0.4 is 14.8 Å². The zero-order valence-corrected chi connectivity index (χ0v) is 17.0. The number of aryl methyl sites for hydroxylation is 1. The summed E-state index contributed by atoms with van der Waals surface area (Å²) in [6.07, 6.45) is -0.0482. The Morgan fingerprint density at radius 2 is 1.76 bits per heavy atom. The predicted molar refractivity (Wildman–Crippen MR) is 105 cm³/mol. The Morgan fingerprint density at radius 3 is 2.45 bits per heavy atom. The highest BCUT2D eigenvalue weighted by atomic mass is 32.2. The van der Waals surface area contributed by atoms with Crippen LogP contribution in [0.4, 0.5) is 5.69 Å². The number of sulfone groups is 1. The van der Waals surface area contributed by atoms with Gasteiger partial charge in [-0.25, -0.2) is 13.2 Å². The number of carbonyl (C=O) groups excluding carboxylic acids is 2. The molecule has 8 nitrogen and oxygen atoms in total. The van der Waals surface area contributed by atoms with Crippen molar-refractivity contribution in [3.05, 3.63) is 47.5 Å². The molecule has 0 spiro atoms. The molecule has 154 valence electrons. The number of ether oxygens (including phenoxy) is 3. The van der Waals surface area contributed by atoms with Crippen LogP contribution in [0.25, 0.3) is 0 Å². The maximum Gasteiger partial charge on any atom is 0.339 e. The van der Waals surface area contributed by atoms with Crippen molar-refractivity contribution in [3.63, 3.8) is 0 Å². The van der Waals surface area contributed by atoms with Crippen molar-refractivity contribution >= 4 is 27.4 Å². The summed E-state index contributed by atoms with van der Waals surface area (Å²) in [6, 6.07) is 9.14. The SMILES string of the molecule is Cc1ccc(S(C)(=O)=O)cc1C(=O)OC(C)C(=O)Nc1ccc2c(c1)OCCO2. The van der Waals surface area contributed by atoms with Crippen molar-refractivity contribution in [2.24, 2.45) is 0 Å². The first kappa shape index (κ1) is 20.7. The maximum atomic E-state index is 12.5. The van der Waals surface area contributed by atoms with E-state index >= 15 is 0 Å². The fraction of sp³-hybridized carbons (Fsp3) is 0.300. The number of fused-ring (bicyclic) bond motifs is 1. The lowest BCUT2D eigenvalue weighted by Crippen LogP contribution is -2.30. The molecule has 2 aromatic rings. The van der Waals surface area contributed by atoms with Gasteiger partial charge in [-0.1, -0.05) is 6.07 Å². The summed E-state index contributed by atoms with van der Waals surface area (Å²) in [7, 11) is -3.48. The van der Waals surface area contributed by atoms with E-state index in [1.807, 2.05) is 0 Å². The Kier molecular flexibility index (Phi) is 5.78. The third-order valence-corrected chi connectivity index (χ3v) is 5.43. The number of amides is 1. The van der Waals surface area contributed by atoms with E-state index in [9.17, 15) is 18.0 Å². The molecule has 0 saturated heterocycles. The molecule has 1 heterocycles. The zero-order valence-electron chi connectivity index (χ0n) is 16.2. The van der Waals surface area contributed by atoms with Gasteiger partial charge in [-0.2, -0.15) is 0 Å². The molecule has 0 saturated carbocycles. The molecule has 0 fully saturated rings. The van der Waals surface area contributed by atoms with Crippen LogP contribution in [-0.2, 0) is 19.4 Å². The van der Waals surface area contributed by atoms with E-state index in [4.69, 9.17) is 14.2 Å². The minimum absolute atomic E-state index is 0.00318. The molecule has 1 amide bonds. The molecule has 1 unspecified atom stereocenters. The van der Waals surface area contributed by atoms with Crippen LogP contribution in [0.3, 0.4) is 0 Å². The van der Waals surface area contributed by atoms with E-state index in [1.165, 1.54) is 25.1 Å². The van der Waals surface area contributed by atoms with Gasteiger partial charge in [0.25, 0.3) is 5.91 Å². The topological polar surface area (TPSA) is 108 Å². The number of benzene rings is 2. The molecule has 1 aliphatic heterocycles. The van der Waals surface area contributed by atoms with Crippen LogP contribution >= 0.6 is 0 Å². The van der Waals surface area contributed by atoms with Gasteiger partial charge < -0.3 is 19.5 Å². The Bertz CT molecular complexity index is 1060. The average molecular weight is 419 g/mol. The molecule has 0 bridgehead atoms. The van der Waals surface area contributed by atoms with E-state index in [0.717, 1.165) is 6.26 Å². The third-order valence-electron chi connectivity index (χ3n) is 4.32. The summed E-state index contributed by atoms with van der Waals surface area (Å²) in [5.74, 6) is -0.202. The van der Waals surface area contributed by atoms with E-state index < -0.39 is 27.8 Å². The van der Waals surface area contributed by atoms with Crippen LogP contribution in [0.1, 0.15) is 22.8 Å². The van der Waals surface area contributed by atoms with Gasteiger partial charge in [-0.15, -0.1) is 0 Å². The van der Waals surface area contributed by atoms with E-state index in [1.54, 1.807) is 25.1 Å². The molecule has 1 atom stereocenters. The van der Waals surface area contributed by atoms with Crippen LogP contribution in [0.5, 0.6) is 11.5 Å². The molecule has 2 aromatic carbocycles. The second-order valence-electron chi connectivity index (χ2n) is 6.64. The molecule has 0 radical (unpaired) electrons. The summed E-state index contributed by atoms with van der Waals surface area (Å²) in [5.41, 5.74) is 1.10. The smallest absolute Gasteiger partial charge is 0.339 e. The number of esters is 1. The van der Waals surface area contributed by atoms with Crippen molar-refractivity contribution in [1.82, 2.24) is 0 Å². The van der Waals surface area contributed by atoms with Crippen LogP contribution in [-0.4, -0.2) is 45.9 Å². The summed E-state index contributed by atoms with van der Waals surface area (Å²) < 4.78 is 39.6. The van der Waals surface area contributed by atoms with Gasteiger partial charge in [-0.05, 0) is 43.7 Å². The van der Waals surface area contributed by atoms with Crippen molar-refractivity contribution in [2.75, 3.05) is 24.8 Å². The Labute approximate surface area is 168 Å². The molecular formula is C20H21NO7S. The minimum atomic E-state index is -3.48. The summed E-state index contributed by atoms with van der Waals surface area (Å²) in [6.45, 7) is 3.97. The summed E-state index contributed by atoms with van der Waals surface area (Å²) >= 11 is 0. The van der Waals surface area contributed by atoms with Crippen LogP contribution in [0.2, 0.25) is 0 Å². The molecular weight excluding hydrogens is 398 g/mol. The van der Waals surface area contributed by atoms with Crippen LogP contribution in [0.15, 0.2) is 41.3 Å². The van der Waals surface area contributed by atoms with Crippen LogP contribution in [0, 0.1) is 6.92 Å². The first-order valence-corrected chi connectivity index (χ1v) is 10.8. The van der Waals surface area contributed by atoms with Crippen molar-refractivity contribution in [3.8, 4) is 11.5 Å². The fourth-order valence-electron chi connectivity index (χ4n) is 2.69. The largest absolute Gasteiger partial charge is 0.486 e. The second kappa shape index (κ2) is 8.12. The Hall–Kier alpha value is -3.07. The maximum absolute atomic E-state index is 12.5. The minimum Gasteiger partial charge on any atom is -0.486 e. The molecule has 29 heavy (non-hydrogen) atoms. The zero-order chi connectivity index (χ0) is 21.2. The normalized spacial score (nSPS) is 14.0. The van der Waals surface area contributed by atoms with Crippen molar-refractivity contribution in [1.29, 1.82) is 0 Å². The lowest BCUT2D eigenvalue weighted by atomic mass is 10.1. The third kappa shape index (κ3) is 4.86. The molecule has 9 heteroatoms. The molecule has 3 rings (SSSR count). The van der Waals surface area contributed by atoms with Gasteiger partial charge in [0.15, 0.2) is 27.4 Å². The van der Waals surface area contributed by atoms with Crippen molar-refractivity contribution < 1.29 is 32.2 Å². The predicted octanol–water partition coefficient (Wildman–Crippen LogP) is 2.35. The lowest BCUT2D eigenvalue weighted by molar-refractivity contribution is -0.123. The molecule has 0 aliphatic carbocycles. The highest BCUT2D eigenvalue weighted by Gasteiger charge is 2.22. The first-order chi connectivity index (χ1) is 13.6. The summed E-state index contributed by atoms with van der Waals surface area (Å²) in [4.78, 5) is 24.9. The monoisotopic (exact) mass is 419 g/mol. The van der Waals surface area contributed by atoms with Gasteiger partial charge >= 0.3 is 5.97 Å². The van der Waals surface area contributed by atoms with Gasteiger partial charge in [0.1, 0.15) is 13.2 Å². The first-order valence-electron chi connectivity index (χ1n) is 8.87. The number of anilines is 1. The molecule has 1 aliphatic rings. The highest BCUT2D eigenvalue weighted by molar-refractivity contribution is 7.90. The second-order valence-corrected chi connectivity index (χ2v) is 8.66. The van der Waals surface area contributed by atoms with Crippen molar-refractivity contribution in [2.45, 2.75) is 24.8 Å². The van der Waals surface area contributed by atoms with E-state index in [2.05, 4.69) is 5.32 Å². The van der Waals surface area contributed by atoms with Gasteiger partial charge in [-0.3, -0.25) is 4.79 Å². The number of hydrogen-bond donors (Lipinski definition) is 1. The Balaban J connectivity index is 1.69. The Morgan fingerprint density at radius 1 is 1.07 bits per heavy atom. The number of rotatable bonds is 5. The van der Waals surface area contributed by atoms with Gasteiger partial charge in [0.2, 0.25) is 0 Å².